The van der Waals surface area contributed by atoms with Crippen molar-refractivity contribution in [1.29, 1.82) is 0 Å². The van der Waals surface area contributed by atoms with Crippen molar-refractivity contribution in [3.8, 4) is 0 Å². The van der Waals surface area contributed by atoms with E-state index in [0.29, 0.717) is 18.7 Å². The first-order chi connectivity index (χ1) is 13.3. The topological polar surface area (TPSA) is 86.7 Å². The van der Waals surface area contributed by atoms with E-state index >= 15 is 0 Å². The Bertz CT molecular complexity index is 958. The second-order valence-electron chi connectivity index (χ2n) is 6.68. The predicted octanol–water partition coefficient (Wildman–Crippen LogP) is 3.12. The van der Waals surface area contributed by atoms with Gasteiger partial charge in [-0.2, -0.15) is 0 Å². The lowest BCUT2D eigenvalue weighted by Gasteiger charge is -2.31. The Balaban J connectivity index is 1.70. The maximum atomic E-state index is 13.4. The van der Waals surface area contributed by atoms with Crippen molar-refractivity contribution in [3.63, 3.8) is 0 Å². The molecule has 1 heterocycles. The van der Waals surface area contributed by atoms with Gasteiger partial charge in [0.15, 0.2) is 0 Å². The Hall–Kier alpha value is -2.16. The summed E-state index contributed by atoms with van der Waals surface area (Å²) in [6.45, 7) is 1.29. The number of anilines is 1. The monoisotopic (exact) mass is 426 g/mol. The van der Waals surface area contributed by atoms with E-state index in [1.165, 1.54) is 30.3 Å². The van der Waals surface area contributed by atoms with Crippen molar-refractivity contribution >= 4 is 33.2 Å². The molecule has 1 amide bonds. The van der Waals surface area contributed by atoms with Crippen LogP contribution in [0.2, 0.25) is 5.02 Å². The average Bonchev–Trinajstić information content (AvgIpc) is 2.69. The number of nitrogens with zero attached hydrogens (tertiary/aromatic N) is 1. The van der Waals surface area contributed by atoms with Crippen molar-refractivity contribution in [1.82, 2.24) is 4.90 Å². The molecule has 0 radical (unpaired) electrons. The van der Waals surface area contributed by atoms with Crippen molar-refractivity contribution in [3.05, 3.63) is 58.9 Å². The number of piperidine rings is 1. The molecule has 0 unspecified atom stereocenters. The summed E-state index contributed by atoms with van der Waals surface area (Å²) >= 11 is 5.87. The molecule has 28 heavy (non-hydrogen) atoms. The van der Waals surface area contributed by atoms with Gasteiger partial charge in [-0.1, -0.05) is 11.6 Å². The van der Waals surface area contributed by atoms with Gasteiger partial charge in [0.1, 0.15) is 10.7 Å². The van der Waals surface area contributed by atoms with Crippen molar-refractivity contribution in [2.24, 2.45) is 5.92 Å². The minimum absolute atomic E-state index is 0.0908. The summed E-state index contributed by atoms with van der Waals surface area (Å²) in [6.07, 6.45) is 1.52. The lowest BCUT2D eigenvalue weighted by atomic mass is 9.97. The third kappa shape index (κ3) is 4.63. The van der Waals surface area contributed by atoms with E-state index in [2.05, 4.69) is 4.72 Å². The zero-order chi connectivity index (χ0) is 20.3. The van der Waals surface area contributed by atoms with Gasteiger partial charge in [-0.25, -0.2) is 12.8 Å². The summed E-state index contributed by atoms with van der Waals surface area (Å²) in [4.78, 5) is 13.9. The van der Waals surface area contributed by atoms with E-state index < -0.39 is 15.8 Å². The Morgan fingerprint density at radius 2 is 1.82 bits per heavy atom. The van der Waals surface area contributed by atoms with Gasteiger partial charge in [0.25, 0.3) is 15.9 Å². The molecule has 2 N–H and O–H groups in total. The number of hydrogen-bond donors (Lipinski definition) is 2. The van der Waals surface area contributed by atoms with E-state index in [9.17, 15) is 22.7 Å². The standard InChI is InChI=1S/C19H20ClFN2O4S/c20-17-6-3-15(21)11-18(17)28(26,27)22-16-4-1-14(2-5-16)19(25)23-9-7-13(12-24)8-10-23/h1-6,11,13,22,24H,7-10,12H2. The van der Waals surface area contributed by atoms with Crippen LogP contribution in [0.1, 0.15) is 23.2 Å². The summed E-state index contributed by atoms with van der Waals surface area (Å²) < 4.78 is 40.6. The van der Waals surface area contributed by atoms with Crippen LogP contribution < -0.4 is 4.72 Å². The van der Waals surface area contributed by atoms with Crippen LogP contribution in [-0.4, -0.2) is 44.0 Å². The van der Waals surface area contributed by atoms with Gasteiger partial charge in [0.05, 0.1) is 5.02 Å². The number of halogens is 2. The zero-order valence-corrected chi connectivity index (χ0v) is 16.5. The van der Waals surface area contributed by atoms with Crippen LogP contribution in [-0.2, 0) is 10.0 Å². The number of aliphatic hydroxyl groups is 1. The molecule has 0 saturated carbocycles. The number of carbonyl (C=O) groups excluding carboxylic acids is 1. The molecule has 0 aliphatic carbocycles. The molecule has 6 nitrogen and oxygen atoms in total. The number of benzene rings is 2. The number of nitrogens with one attached hydrogen (secondary N) is 1. The SMILES string of the molecule is O=C(c1ccc(NS(=O)(=O)c2cc(F)ccc2Cl)cc1)N1CCC(CO)CC1. The van der Waals surface area contributed by atoms with Crippen LogP contribution in [0.4, 0.5) is 10.1 Å². The second kappa shape index (κ2) is 8.46. The maximum Gasteiger partial charge on any atom is 0.263 e. The predicted molar refractivity (Wildman–Crippen MR) is 104 cm³/mol. The Morgan fingerprint density at radius 1 is 1.18 bits per heavy atom. The lowest BCUT2D eigenvalue weighted by molar-refractivity contribution is 0.0651. The molecule has 2 aromatic carbocycles. The highest BCUT2D eigenvalue weighted by atomic mass is 35.5. The maximum absolute atomic E-state index is 13.4. The third-order valence-corrected chi connectivity index (χ3v) is 6.59. The molecular weight excluding hydrogens is 407 g/mol. The van der Waals surface area contributed by atoms with Crippen LogP contribution in [0.3, 0.4) is 0 Å². The molecule has 0 spiro atoms. The van der Waals surface area contributed by atoms with Crippen LogP contribution in [0.25, 0.3) is 0 Å². The van der Waals surface area contributed by atoms with Gasteiger partial charge in [-0.05, 0) is 61.2 Å². The minimum Gasteiger partial charge on any atom is -0.396 e. The van der Waals surface area contributed by atoms with Gasteiger partial charge < -0.3 is 10.0 Å². The van der Waals surface area contributed by atoms with Gasteiger partial charge in [-0.15, -0.1) is 0 Å². The summed E-state index contributed by atoms with van der Waals surface area (Å²) in [5.74, 6) is -0.620. The highest BCUT2D eigenvalue weighted by Gasteiger charge is 2.23. The fraction of sp³-hybridized carbons (Fsp3) is 0.316. The van der Waals surface area contributed by atoms with Crippen LogP contribution in [0.5, 0.6) is 0 Å². The van der Waals surface area contributed by atoms with Crippen LogP contribution in [0, 0.1) is 11.7 Å². The highest BCUT2D eigenvalue weighted by Crippen LogP contribution is 2.25. The summed E-state index contributed by atoms with van der Waals surface area (Å²) in [6, 6.07) is 9.10. The van der Waals surface area contributed by atoms with E-state index in [0.717, 1.165) is 25.0 Å². The quantitative estimate of drug-likeness (QED) is 0.769. The van der Waals surface area contributed by atoms with Crippen molar-refractivity contribution < 1.29 is 22.7 Å². The number of likely N-dealkylation sites (tertiary alicyclic amines) is 1. The lowest BCUT2D eigenvalue weighted by Crippen LogP contribution is -2.39. The molecule has 1 aliphatic heterocycles. The molecule has 3 rings (SSSR count). The smallest absolute Gasteiger partial charge is 0.263 e. The van der Waals surface area contributed by atoms with Gasteiger partial charge in [-0.3, -0.25) is 9.52 Å². The first-order valence-electron chi connectivity index (χ1n) is 8.78. The first-order valence-corrected chi connectivity index (χ1v) is 10.6. The van der Waals surface area contributed by atoms with Gasteiger partial charge in [0.2, 0.25) is 0 Å². The van der Waals surface area contributed by atoms with Gasteiger partial charge in [0, 0.05) is 30.9 Å². The van der Waals surface area contributed by atoms with E-state index in [1.54, 1.807) is 4.90 Å². The number of rotatable bonds is 5. The van der Waals surface area contributed by atoms with Crippen molar-refractivity contribution in [2.75, 3.05) is 24.4 Å². The molecule has 150 valence electrons. The number of aliphatic hydroxyl groups excluding tert-OH is 1. The highest BCUT2D eigenvalue weighted by molar-refractivity contribution is 7.92. The number of carbonyl (C=O) groups is 1. The fourth-order valence-electron chi connectivity index (χ4n) is 3.08. The Labute approximate surface area is 168 Å². The molecule has 2 aromatic rings. The van der Waals surface area contributed by atoms with Crippen LogP contribution in [0.15, 0.2) is 47.4 Å². The largest absolute Gasteiger partial charge is 0.396 e. The second-order valence-corrected chi connectivity index (χ2v) is 8.73. The van der Waals surface area contributed by atoms with Crippen molar-refractivity contribution in [2.45, 2.75) is 17.7 Å². The number of hydrogen-bond acceptors (Lipinski definition) is 4. The third-order valence-electron chi connectivity index (χ3n) is 4.73. The van der Waals surface area contributed by atoms with Crippen LogP contribution >= 0.6 is 11.6 Å². The molecule has 0 bridgehead atoms. The number of amides is 1. The molecule has 9 heteroatoms. The van der Waals surface area contributed by atoms with Gasteiger partial charge >= 0.3 is 0 Å². The summed E-state index contributed by atoms with van der Waals surface area (Å²) in [7, 11) is -4.07. The zero-order valence-electron chi connectivity index (χ0n) is 14.9. The number of sulfonamides is 1. The minimum atomic E-state index is -4.07. The summed E-state index contributed by atoms with van der Waals surface area (Å²) in [5, 5.41) is 9.09. The molecule has 1 saturated heterocycles. The van der Waals surface area contributed by atoms with E-state index in [1.807, 2.05) is 0 Å². The Morgan fingerprint density at radius 3 is 2.43 bits per heavy atom. The summed E-state index contributed by atoms with van der Waals surface area (Å²) in [5.41, 5.74) is 0.671. The normalized spacial score (nSPS) is 15.5. The van der Waals surface area contributed by atoms with E-state index in [4.69, 9.17) is 11.6 Å². The first kappa shape index (κ1) is 20.6. The fourth-order valence-corrected chi connectivity index (χ4v) is 4.65. The molecule has 0 aromatic heterocycles. The average molecular weight is 427 g/mol. The van der Waals surface area contributed by atoms with E-state index in [-0.39, 0.29) is 34.0 Å². The molecular formula is C19H20ClFN2O4S. The molecule has 0 atom stereocenters. The molecule has 1 aliphatic rings. The Kier molecular flexibility index (Phi) is 6.22. The molecule has 1 fully saturated rings.